The lowest BCUT2D eigenvalue weighted by Crippen LogP contribution is -2.90. The van der Waals surface area contributed by atoms with Gasteiger partial charge in [-0.3, -0.25) is 0 Å². The van der Waals surface area contributed by atoms with Crippen molar-refractivity contribution in [2.24, 2.45) is 11.8 Å². The zero-order valence-corrected chi connectivity index (χ0v) is 12.7. The van der Waals surface area contributed by atoms with Crippen LogP contribution in [0.5, 0.6) is 0 Å². The van der Waals surface area contributed by atoms with Gasteiger partial charge in [0.25, 0.3) is 0 Å². The second-order valence-electron chi connectivity index (χ2n) is 6.51. The largest absolute Gasteiger partial charge is 0.340 e. The van der Waals surface area contributed by atoms with E-state index in [1.807, 2.05) is 0 Å². The lowest BCUT2D eigenvalue weighted by molar-refractivity contribution is -0.713. The summed E-state index contributed by atoms with van der Waals surface area (Å²) < 4.78 is 0. The molecule has 0 heterocycles. The molecule has 0 amide bonds. The van der Waals surface area contributed by atoms with Crippen molar-refractivity contribution in [3.63, 3.8) is 0 Å². The van der Waals surface area contributed by atoms with Crippen LogP contribution in [0.4, 0.5) is 0 Å². The SMILES string of the molecule is C[C@@H]1[C@@H](C)CCC[C@H]1[NH2+]Cc1cccc2ccccc12. The van der Waals surface area contributed by atoms with Gasteiger partial charge in [0, 0.05) is 11.5 Å². The van der Waals surface area contributed by atoms with Crippen molar-refractivity contribution >= 4 is 10.8 Å². The Morgan fingerprint density at radius 2 is 1.80 bits per heavy atom. The van der Waals surface area contributed by atoms with E-state index in [1.54, 1.807) is 0 Å². The predicted octanol–water partition coefficient (Wildman–Crippen LogP) is 3.73. The van der Waals surface area contributed by atoms with Crippen molar-refractivity contribution < 1.29 is 5.32 Å². The summed E-state index contributed by atoms with van der Waals surface area (Å²) in [4.78, 5) is 0. The van der Waals surface area contributed by atoms with Crippen LogP contribution in [-0.4, -0.2) is 6.04 Å². The Hall–Kier alpha value is -1.34. The van der Waals surface area contributed by atoms with Crippen LogP contribution in [0.15, 0.2) is 42.5 Å². The number of nitrogens with two attached hydrogens (primary N) is 1. The van der Waals surface area contributed by atoms with E-state index in [0.29, 0.717) is 0 Å². The van der Waals surface area contributed by atoms with E-state index < -0.39 is 0 Å². The number of rotatable bonds is 3. The fraction of sp³-hybridized carbons (Fsp3) is 0.474. The Morgan fingerprint density at radius 3 is 2.70 bits per heavy atom. The molecule has 1 fully saturated rings. The molecule has 0 unspecified atom stereocenters. The van der Waals surface area contributed by atoms with Gasteiger partial charge in [0.05, 0.1) is 6.04 Å². The molecule has 2 aromatic rings. The van der Waals surface area contributed by atoms with Gasteiger partial charge >= 0.3 is 0 Å². The van der Waals surface area contributed by atoms with Gasteiger partial charge in [-0.2, -0.15) is 0 Å². The Kier molecular flexibility index (Phi) is 4.07. The van der Waals surface area contributed by atoms with E-state index >= 15 is 0 Å². The quantitative estimate of drug-likeness (QED) is 0.873. The third-order valence-corrected chi connectivity index (χ3v) is 5.29. The number of quaternary nitrogens is 1. The van der Waals surface area contributed by atoms with E-state index in [0.717, 1.165) is 24.4 Å². The zero-order chi connectivity index (χ0) is 13.9. The molecule has 0 bridgehead atoms. The van der Waals surface area contributed by atoms with Crippen molar-refractivity contribution in [3.8, 4) is 0 Å². The highest BCUT2D eigenvalue weighted by Crippen LogP contribution is 2.27. The predicted molar refractivity (Wildman–Crippen MR) is 85.5 cm³/mol. The van der Waals surface area contributed by atoms with Gasteiger partial charge in [0.2, 0.25) is 0 Å². The maximum absolute atomic E-state index is 2.59. The fourth-order valence-electron chi connectivity index (χ4n) is 3.70. The zero-order valence-electron chi connectivity index (χ0n) is 12.7. The second-order valence-corrected chi connectivity index (χ2v) is 6.51. The van der Waals surface area contributed by atoms with Crippen molar-refractivity contribution in [1.29, 1.82) is 0 Å². The molecule has 106 valence electrons. The highest BCUT2D eigenvalue weighted by molar-refractivity contribution is 5.85. The van der Waals surface area contributed by atoms with E-state index in [2.05, 4.69) is 61.6 Å². The Balaban J connectivity index is 1.74. The van der Waals surface area contributed by atoms with Crippen molar-refractivity contribution in [1.82, 2.24) is 0 Å². The highest BCUT2D eigenvalue weighted by atomic mass is 14.9. The number of hydrogen-bond donors (Lipinski definition) is 1. The molecule has 0 spiro atoms. The normalized spacial score (nSPS) is 26.8. The van der Waals surface area contributed by atoms with Crippen LogP contribution in [0.2, 0.25) is 0 Å². The first kappa shape index (κ1) is 13.6. The topological polar surface area (TPSA) is 16.6 Å². The van der Waals surface area contributed by atoms with Crippen molar-refractivity contribution in [2.75, 3.05) is 0 Å². The van der Waals surface area contributed by atoms with Crippen LogP contribution < -0.4 is 5.32 Å². The monoisotopic (exact) mass is 268 g/mol. The summed E-state index contributed by atoms with van der Waals surface area (Å²) in [6.07, 6.45) is 4.21. The molecule has 3 atom stereocenters. The van der Waals surface area contributed by atoms with Crippen LogP contribution >= 0.6 is 0 Å². The lowest BCUT2D eigenvalue weighted by atomic mass is 9.78. The standard InChI is InChI=1S/C19H25N/c1-14-7-5-12-19(15(14)2)20-13-17-10-6-9-16-8-3-4-11-18(16)17/h3-4,6,8-11,14-15,19-20H,5,7,12-13H2,1-2H3/p+1/t14-,15+,19+/m0/s1. The molecule has 0 radical (unpaired) electrons. The first-order chi connectivity index (χ1) is 9.75. The summed E-state index contributed by atoms with van der Waals surface area (Å²) in [6, 6.07) is 16.2. The summed E-state index contributed by atoms with van der Waals surface area (Å²) in [5.41, 5.74) is 1.48. The van der Waals surface area contributed by atoms with Crippen molar-refractivity contribution in [3.05, 3.63) is 48.0 Å². The van der Waals surface area contributed by atoms with E-state index in [9.17, 15) is 0 Å². The van der Waals surface area contributed by atoms with Gasteiger partial charge in [0.15, 0.2) is 0 Å². The van der Waals surface area contributed by atoms with Gasteiger partial charge in [-0.25, -0.2) is 0 Å². The number of benzene rings is 2. The average Bonchev–Trinajstić information content (AvgIpc) is 2.49. The minimum absolute atomic E-state index is 0.803. The molecule has 2 aromatic carbocycles. The first-order valence-corrected chi connectivity index (χ1v) is 8.05. The first-order valence-electron chi connectivity index (χ1n) is 8.05. The Morgan fingerprint density at radius 1 is 1.00 bits per heavy atom. The maximum atomic E-state index is 2.59. The molecule has 1 aliphatic rings. The van der Waals surface area contributed by atoms with Gasteiger partial charge in [-0.05, 0) is 36.0 Å². The molecular formula is C19H26N+. The van der Waals surface area contributed by atoms with Gasteiger partial charge in [-0.1, -0.05) is 56.3 Å². The molecule has 1 nitrogen and oxygen atoms in total. The molecule has 1 aliphatic carbocycles. The minimum Gasteiger partial charge on any atom is -0.340 e. The highest BCUT2D eigenvalue weighted by Gasteiger charge is 2.29. The van der Waals surface area contributed by atoms with Crippen LogP contribution in [0.3, 0.4) is 0 Å². The molecule has 0 aromatic heterocycles. The van der Waals surface area contributed by atoms with Crippen LogP contribution in [0.1, 0.15) is 38.7 Å². The van der Waals surface area contributed by atoms with E-state index in [-0.39, 0.29) is 0 Å². The molecule has 1 heteroatoms. The van der Waals surface area contributed by atoms with Crippen LogP contribution in [0, 0.1) is 11.8 Å². The number of hydrogen-bond acceptors (Lipinski definition) is 0. The average molecular weight is 268 g/mol. The fourth-order valence-corrected chi connectivity index (χ4v) is 3.70. The van der Waals surface area contributed by atoms with Gasteiger partial charge in [-0.15, -0.1) is 0 Å². The maximum Gasteiger partial charge on any atom is 0.102 e. The molecule has 1 saturated carbocycles. The Labute approximate surface area is 122 Å². The minimum atomic E-state index is 0.803. The Bertz CT molecular complexity index is 569. The third-order valence-electron chi connectivity index (χ3n) is 5.29. The van der Waals surface area contributed by atoms with Crippen LogP contribution in [-0.2, 0) is 6.54 Å². The molecule has 20 heavy (non-hydrogen) atoms. The molecule has 2 N–H and O–H groups in total. The smallest absolute Gasteiger partial charge is 0.102 e. The summed E-state index contributed by atoms with van der Waals surface area (Å²) in [7, 11) is 0. The number of fused-ring (bicyclic) bond motifs is 1. The summed E-state index contributed by atoms with van der Waals surface area (Å²) in [6.45, 7) is 5.97. The lowest BCUT2D eigenvalue weighted by Gasteiger charge is -2.32. The third kappa shape index (κ3) is 2.73. The summed E-state index contributed by atoms with van der Waals surface area (Å²) in [5, 5.41) is 5.37. The van der Waals surface area contributed by atoms with E-state index in [4.69, 9.17) is 0 Å². The molecule has 0 saturated heterocycles. The molecular weight excluding hydrogens is 242 g/mol. The van der Waals surface area contributed by atoms with Gasteiger partial charge < -0.3 is 5.32 Å². The van der Waals surface area contributed by atoms with Gasteiger partial charge in [0.1, 0.15) is 6.54 Å². The summed E-state index contributed by atoms with van der Waals surface area (Å²) >= 11 is 0. The second kappa shape index (κ2) is 5.97. The summed E-state index contributed by atoms with van der Waals surface area (Å²) in [5.74, 6) is 1.73. The molecule has 0 aliphatic heterocycles. The molecule has 3 rings (SSSR count). The van der Waals surface area contributed by atoms with E-state index in [1.165, 1.54) is 35.6 Å². The van der Waals surface area contributed by atoms with Crippen LogP contribution in [0.25, 0.3) is 10.8 Å². The van der Waals surface area contributed by atoms with Crippen molar-refractivity contribution in [2.45, 2.75) is 45.7 Å².